The average molecular weight is 234 g/mol. The summed E-state index contributed by atoms with van der Waals surface area (Å²) in [5.41, 5.74) is 2.23. The van der Waals surface area contributed by atoms with Gasteiger partial charge in [0.2, 0.25) is 0 Å². The summed E-state index contributed by atoms with van der Waals surface area (Å²) >= 11 is 0. The summed E-state index contributed by atoms with van der Waals surface area (Å²) in [7, 11) is 0. The second-order valence-electron chi connectivity index (χ2n) is 3.88. The number of aliphatic hydroxyl groups is 3. The van der Waals surface area contributed by atoms with Crippen molar-refractivity contribution in [2.75, 3.05) is 6.61 Å². The topological polar surface area (TPSA) is 86.5 Å². The molecule has 5 nitrogen and oxygen atoms in total. The van der Waals surface area contributed by atoms with Gasteiger partial charge in [0.25, 0.3) is 0 Å². The lowest BCUT2D eigenvalue weighted by Gasteiger charge is -2.16. The van der Waals surface area contributed by atoms with Gasteiger partial charge < -0.3 is 15.3 Å². The average Bonchev–Trinajstić information content (AvgIpc) is 2.36. The number of hydrogen-bond acceptors (Lipinski definition) is 5. The molecule has 0 spiro atoms. The minimum atomic E-state index is -1.25. The van der Waals surface area contributed by atoms with E-state index in [-0.39, 0.29) is 0 Å². The van der Waals surface area contributed by atoms with Crippen molar-refractivity contribution < 1.29 is 15.3 Å². The van der Waals surface area contributed by atoms with Gasteiger partial charge in [-0.1, -0.05) is 12.1 Å². The maximum absolute atomic E-state index is 9.82. The summed E-state index contributed by atoms with van der Waals surface area (Å²) in [5, 5.41) is 28.0. The van der Waals surface area contributed by atoms with Crippen LogP contribution in [0.1, 0.15) is 17.5 Å². The minimum absolute atomic E-state index is 0.297. The molecule has 0 unspecified atom stereocenters. The second-order valence-corrected chi connectivity index (χ2v) is 3.88. The fourth-order valence-corrected chi connectivity index (χ4v) is 1.66. The molecule has 0 amide bonds. The first-order valence-corrected chi connectivity index (χ1v) is 5.33. The van der Waals surface area contributed by atoms with Crippen LogP contribution < -0.4 is 0 Å². The zero-order valence-corrected chi connectivity index (χ0v) is 9.41. The fourth-order valence-electron chi connectivity index (χ4n) is 1.66. The van der Waals surface area contributed by atoms with E-state index in [1.54, 1.807) is 13.0 Å². The highest BCUT2D eigenvalue weighted by Crippen LogP contribution is 2.20. The van der Waals surface area contributed by atoms with E-state index in [1.165, 1.54) is 0 Å². The first-order chi connectivity index (χ1) is 8.13. The SMILES string of the molecule is Cc1nc2ccccc2nc1[C@H](O)[C@H](O)CO. The number of nitrogens with zero attached hydrogens (tertiary/aromatic N) is 2. The summed E-state index contributed by atoms with van der Waals surface area (Å²) in [6.45, 7) is 1.19. The van der Waals surface area contributed by atoms with E-state index in [0.29, 0.717) is 16.9 Å². The molecular weight excluding hydrogens is 220 g/mol. The summed E-state index contributed by atoms with van der Waals surface area (Å²) in [5.74, 6) is 0. The Morgan fingerprint density at radius 1 is 1.12 bits per heavy atom. The van der Waals surface area contributed by atoms with Crippen molar-refractivity contribution in [2.24, 2.45) is 0 Å². The first kappa shape index (κ1) is 11.9. The predicted octanol–water partition coefficient (Wildman–Crippen LogP) is 0.325. The van der Waals surface area contributed by atoms with Crippen molar-refractivity contribution in [3.8, 4) is 0 Å². The third-order valence-corrected chi connectivity index (χ3v) is 2.61. The largest absolute Gasteiger partial charge is 0.394 e. The van der Waals surface area contributed by atoms with Gasteiger partial charge in [-0.15, -0.1) is 0 Å². The van der Waals surface area contributed by atoms with Crippen LogP contribution in [0.15, 0.2) is 24.3 Å². The molecule has 2 atom stereocenters. The van der Waals surface area contributed by atoms with Crippen molar-refractivity contribution in [2.45, 2.75) is 19.1 Å². The molecule has 0 saturated heterocycles. The van der Waals surface area contributed by atoms with Gasteiger partial charge in [-0.05, 0) is 19.1 Å². The van der Waals surface area contributed by atoms with Crippen LogP contribution in [-0.4, -0.2) is 38.0 Å². The molecule has 0 aliphatic carbocycles. The van der Waals surface area contributed by atoms with E-state index >= 15 is 0 Å². The van der Waals surface area contributed by atoms with E-state index in [0.717, 1.165) is 5.52 Å². The van der Waals surface area contributed by atoms with Crippen LogP contribution in [0.3, 0.4) is 0 Å². The molecular formula is C12H14N2O3. The monoisotopic (exact) mass is 234 g/mol. The van der Waals surface area contributed by atoms with E-state index in [9.17, 15) is 10.2 Å². The van der Waals surface area contributed by atoms with E-state index in [1.807, 2.05) is 18.2 Å². The Morgan fingerprint density at radius 2 is 1.71 bits per heavy atom. The molecule has 0 saturated carbocycles. The highest BCUT2D eigenvalue weighted by atomic mass is 16.4. The summed E-state index contributed by atoms with van der Waals surface area (Å²) in [4.78, 5) is 8.56. The molecule has 17 heavy (non-hydrogen) atoms. The molecule has 0 fully saturated rings. The van der Waals surface area contributed by atoms with Gasteiger partial charge in [0.05, 0.1) is 29.0 Å². The highest BCUT2D eigenvalue weighted by Gasteiger charge is 2.21. The molecule has 1 heterocycles. The quantitative estimate of drug-likeness (QED) is 0.712. The standard InChI is InChI=1S/C12H14N2O3/c1-7-11(12(17)10(16)6-15)14-9-5-3-2-4-8(9)13-7/h2-5,10,12,15-17H,6H2,1H3/t10-,12-/m1/s1. The Bertz CT molecular complexity index is 530. The first-order valence-electron chi connectivity index (χ1n) is 5.33. The molecule has 0 bridgehead atoms. The lowest BCUT2D eigenvalue weighted by Crippen LogP contribution is -2.24. The number of fused-ring (bicyclic) bond motifs is 1. The number of aryl methyl sites for hydroxylation is 1. The van der Waals surface area contributed by atoms with Crippen LogP contribution >= 0.6 is 0 Å². The van der Waals surface area contributed by atoms with Gasteiger partial charge in [0.1, 0.15) is 12.2 Å². The van der Waals surface area contributed by atoms with E-state index < -0.39 is 18.8 Å². The minimum Gasteiger partial charge on any atom is -0.394 e. The molecule has 0 aliphatic rings. The Morgan fingerprint density at radius 3 is 2.29 bits per heavy atom. The normalized spacial score (nSPS) is 14.8. The molecule has 2 aromatic rings. The van der Waals surface area contributed by atoms with Crippen molar-refractivity contribution in [1.29, 1.82) is 0 Å². The molecule has 3 N–H and O–H groups in total. The van der Waals surface area contributed by atoms with E-state index in [2.05, 4.69) is 9.97 Å². The van der Waals surface area contributed by atoms with Crippen LogP contribution in [-0.2, 0) is 0 Å². The number of hydrogen-bond donors (Lipinski definition) is 3. The molecule has 1 aromatic carbocycles. The molecule has 2 rings (SSSR count). The van der Waals surface area contributed by atoms with Crippen LogP contribution in [0.2, 0.25) is 0 Å². The zero-order chi connectivity index (χ0) is 12.4. The third kappa shape index (κ3) is 2.26. The number of rotatable bonds is 3. The fraction of sp³-hybridized carbons (Fsp3) is 0.333. The Balaban J connectivity index is 2.50. The zero-order valence-electron chi connectivity index (χ0n) is 9.41. The predicted molar refractivity (Wildman–Crippen MR) is 62.3 cm³/mol. The molecule has 1 aromatic heterocycles. The van der Waals surface area contributed by atoms with Crippen LogP contribution in [0.4, 0.5) is 0 Å². The van der Waals surface area contributed by atoms with Crippen LogP contribution in [0.25, 0.3) is 11.0 Å². The van der Waals surface area contributed by atoms with Crippen molar-refractivity contribution in [3.05, 3.63) is 35.7 Å². The van der Waals surface area contributed by atoms with Gasteiger partial charge >= 0.3 is 0 Å². The number of aliphatic hydroxyl groups excluding tert-OH is 3. The van der Waals surface area contributed by atoms with Crippen molar-refractivity contribution in [3.63, 3.8) is 0 Å². The molecule has 0 aliphatic heterocycles. The van der Waals surface area contributed by atoms with Crippen molar-refractivity contribution in [1.82, 2.24) is 9.97 Å². The van der Waals surface area contributed by atoms with E-state index in [4.69, 9.17) is 5.11 Å². The Labute approximate surface area is 98.4 Å². The molecule has 90 valence electrons. The Hall–Kier alpha value is -1.56. The summed E-state index contributed by atoms with van der Waals surface area (Å²) in [6.07, 6.45) is -2.47. The van der Waals surface area contributed by atoms with Gasteiger partial charge in [0, 0.05) is 0 Å². The number of para-hydroxylation sites is 2. The summed E-state index contributed by atoms with van der Waals surface area (Å²) < 4.78 is 0. The lowest BCUT2D eigenvalue weighted by atomic mass is 10.1. The van der Waals surface area contributed by atoms with Crippen LogP contribution in [0.5, 0.6) is 0 Å². The van der Waals surface area contributed by atoms with Gasteiger partial charge in [-0.25, -0.2) is 9.97 Å². The number of benzene rings is 1. The van der Waals surface area contributed by atoms with Crippen LogP contribution in [0, 0.1) is 6.92 Å². The highest BCUT2D eigenvalue weighted by molar-refractivity contribution is 5.74. The molecule has 0 radical (unpaired) electrons. The lowest BCUT2D eigenvalue weighted by molar-refractivity contribution is -0.0176. The summed E-state index contributed by atoms with van der Waals surface area (Å²) in [6, 6.07) is 7.29. The molecule has 5 heteroatoms. The van der Waals surface area contributed by atoms with Gasteiger partial charge in [-0.2, -0.15) is 0 Å². The maximum atomic E-state index is 9.82. The second kappa shape index (κ2) is 4.75. The Kier molecular flexibility index (Phi) is 3.33. The van der Waals surface area contributed by atoms with Gasteiger partial charge in [-0.3, -0.25) is 0 Å². The van der Waals surface area contributed by atoms with Crippen molar-refractivity contribution >= 4 is 11.0 Å². The third-order valence-electron chi connectivity index (χ3n) is 2.61. The maximum Gasteiger partial charge on any atom is 0.126 e. The van der Waals surface area contributed by atoms with Gasteiger partial charge in [0.15, 0.2) is 0 Å². The number of aromatic nitrogens is 2. The smallest absolute Gasteiger partial charge is 0.126 e.